The molecule has 1 aromatic carbocycles. The molecule has 0 bridgehead atoms. The van der Waals surface area contributed by atoms with Crippen LogP contribution in [-0.4, -0.2) is 5.11 Å². The fourth-order valence-electron chi connectivity index (χ4n) is 1.22. The van der Waals surface area contributed by atoms with Crippen LogP contribution in [0.25, 0.3) is 0 Å². The third-order valence-electron chi connectivity index (χ3n) is 1.80. The van der Waals surface area contributed by atoms with Crippen LogP contribution in [0.15, 0.2) is 18.2 Å². The van der Waals surface area contributed by atoms with Crippen LogP contribution in [0.1, 0.15) is 19.4 Å². The van der Waals surface area contributed by atoms with Gasteiger partial charge in [0.1, 0.15) is 5.75 Å². The van der Waals surface area contributed by atoms with Crippen LogP contribution >= 0.6 is 0 Å². The second-order valence-electron chi connectivity index (χ2n) is 3.44. The van der Waals surface area contributed by atoms with Gasteiger partial charge >= 0.3 is 0 Å². The summed E-state index contributed by atoms with van der Waals surface area (Å²) in [5, 5.41) is 9.46. The van der Waals surface area contributed by atoms with E-state index in [1.54, 1.807) is 12.1 Å². The van der Waals surface area contributed by atoms with Gasteiger partial charge in [-0.1, -0.05) is 19.9 Å². The van der Waals surface area contributed by atoms with Gasteiger partial charge in [0.25, 0.3) is 0 Å². The Labute approximate surface area is 73.0 Å². The minimum Gasteiger partial charge on any atom is -0.508 e. The van der Waals surface area contributed by atoms with Crippen molar-refractivity contribution >= 4 is 5.69 Å². The smallest absolute Gasteiger partial charge is 0.120 e. The number of nitrogen functional groups attached to an aromatic ring is 1. The largest absolute Gasteiger partial charge is 0.508 e. The molecule has 3 N–H and O–H groups in total. The van der Waals surface area contributed by atoms with Crippen molar-refractivity contribution in [2.24, 2.45) is 5.92 Å². The van der Waals surface area contributed by atoms with Crippen LogP contribution in [0.4, 0.5) is 5.69 Å². The molecule has 12 heavy (non-hydrogen) atoms. The van der Waals surface area contributed by atoms with Gasteiger partial charge in [0.15, 0.2) is 0 Å². The SMILES string of the molecule is CC(C)Cc1c(N)cccc1O. The first kappa shape index (κ1) is 8.91. The van der Waals surface area contributed by atoms with Crippen LogP contribution in [0.2, 0.25) is 0 Å². The molecule has 0 spiro atoms. The summed E-state index contributed by atoms with van der Waals surface area (Å²) in [6, 6.07) is 5.25. The van der Waals surface area contributed by atoms with Crippen LogP contribution in [0, 0.1) is 5.92 Å². The fraction of sp³-hybridized carbons (Fsp3) is 0.400. The number of phenols is 1. The Morgan fingerprint density at radius 2 is 2.08 bits per heavy atom. The fourth-order valence-corrected chi connectivity index (χ4v) is 1.22. The van der Waals surface area contributed by atoms with Crippen LogP contribution in [-0.2, 0) is 6.42 Å². The molecule has 0 aliphatic rings. The van der Waals surface area contributed by atoms with Gasteiger partial charge in [-0.05, 0) is 24.5 Å². The highest BCUT2D eigenvalue weighted by Crippen LogP contribution is 2.25. The van der Waals surface area contributed by atoms with Crippen LogP contribution in [0.3, 0.4) is 0 Å². The number of anilines is 1. The monoisotopic (exact) mass is 165 g/mol. The first-order valence-corrected chi connectivity index (χ1v) is 4.17. The molecule has 2 heteroatoms. The lowest BCUT2D eigenvalue weighted by molar-refractivity contribution is 0.463. The predicted octanol–water partition coefficient (Wildman–Crippen LogP) is 2.17. The lowest BCUT2D eigenvalue weighted by Crippen LogP contribution is -1.99. The third-order valence-corrected chi connectivity index (χ3v) is 1.80. The van der Waals surface area contributed by atoms with E-state index in [0.29, 0.717) is 17.4 Å². The van der Waals surface area contributed by atoms with Gasteiger partial charge in [0.2, 0.25) is 0 Å². The van der Waals surface area contributed by atoms with E-state index in [1.165, 1.54) is 0 Å². The van der Waals surface area contributed by atoms with E-state index in [9.17, 15) is 5.11 Å². The van der Waals surface area contributed by atoms with Gasteiger partial charge in [-0.15, -0.1) is 0 Å². The van der Waals surface area contributed by atoms with E-state index in [1.807, 2.05) is 6.07 Å². The highest BCUT2D eigenvalue weighted by Gasteiger charge is 2.06. The van der Waals surface area contributed by atoms with E-state index in [-0.39, 0.29) is 0 Å². The van der Waals surface area contributed by atoms with E-state index in [4.69, 9.17) is 5.73 Å². The summed E-state index contributed by atoms with van der Waals surface area (Å²) in [5.74, 6) is 0.823. The molecule has 0 aromatic heterocycles. The zero-order chi connectivity index (χ0) is 9.14. The summed E-state index contributed by atoms with van der Waals surface area (Å²) in [4.78, 5) is 0. The number of benzene rings is 1. The summed E-state index contributed by atoms with van der Waals surface area (Å²) in [6.45, 7) is 4.21. The zero-order valence-electron chi connectivity index (χ0n) is 7.54. The summed E-state index contributed by atoms with van der Waals surface area (Å²) < 4.78 is 0. The number of nitrogens with two attached hydrogens (primary N) is 1. The maximum atomic E-state index is 9.46. The molecule has 2 nitrogen and oxygen atoms in total. The second kappa shape index (κ2) is 3.48. The van der Waals surface area contributed by atoms with Gasteiger partial charge in [-0.25, -0.2) is 0 Å². The van der Waals surface area contributed by atoms with Crippen molar-refractivity contribution < 1.29 is 5.11 Å². The number of rotatable bonds is 2. The number of hydrogen-bond acceptors (Lipinski definition) is 2. The lowest BCUT2D eigenvalue weighted by atomic mass is 10.0. The summed E-state index contributed by atoms with van der Waals surface area (Å²) >= 11 is 0. The van der Waals surface area contributed by atoms with Gasteiger partial charge < -0.3 is 10.8 Å². The Morgan fingerprint density at radius 3 is 2.58 bits per heavy atom. The van der Waals surface area contributed by atoms with Crippen molar-refractivity contribution in [2.45, 2.75) is 20.3 Å². The molecule has 0 aliphatic carbocycles. The van der Waals surface area contributed by atoms with Crippen molar-refractivity contribution in [3.05, 3.63) is 23.8 Å². The predicted molar refractivity (Wildman–Crippen MR) is 51.1 cm³/mol. The molecule has 0 saturated carbocycles. The summed E-state index contributed by atoms with van der Waals surface area (Å²) in [7, 11) is 0. The lowest BCUT2D eigenvalue weighted by Gasteiger charge is -2.09. The second-order valence-corrected chi connectivity index (χ2v) is 3.44. The molecule has 0 unspecified atom stereocenters. The molecule has 66 valence electrons. The third kappa shape index (κ3) is 1.91. The molecule has 1 rings (SSSR count). The zero-order valence-corrected chi connectivity index (χ0v) is 7.54. The highest BCUT2D eigenvalue weighted by molar-refractivity contribution is 5.53. The maximum absolute atomic E-state index is 9.46. The van der Waals surface area contributed by atoms with Crippen molar-refractivity contribution in [1.29, 1.82) is 0 Å². The van der Waals surface area contributed by atoms with Crippen LogP contribution < -0.4 is 5.73 Å². The van der Waals surface area contributed by atoms with Gasteiger partial charge in [0.05, 0.1) is 0 Å². The normalized spacial score (nSPS) is 10.6. The Balaban J connectivity index is 2.96. The number of hydrogen-bond donors (Lipinski definition) is 2. The molecule has 0 saturated heterocycles. The van der Waals surface area contributed by atoms with Gasteiger partial charge in [-0.2, -0.15) is 0 Å². The molecule has 0 aliphatic heterocycles. The number of phenolic OH excluding ortho intramolecular Hbond substituents is 1. The average Bonchev–Trinajstić information content (AvgIpc) is 1.97. The van der Waals surface area contributed by atoms with Crippen molar-refractivity contribution in [3.8, 4) is 5.75 Å². The molecule has 0 radical (unpaired) electrons. The summed E-state index contributed by atoms with van der Waals surface area (Å²) in [5.41, 5.74) is 7.26. The molecule has 0 amide bonds. The van der Waals surface area contributed by atoms with E-state index >= 15 is 0 Å². The Hall–Kier alpha value is -1.18. The van der Waals surface area contributed by atoms with Crippen molar-refractivity contribution in [1.82, 2.24) is 0 Å². The molecule has 0 fully saturated rings. The molecule has 1 aromatic rings. The quantitative estimate of drug-likeness (QED) is 0.660. The van der Waals surface area contributed by atoms with Gasteiger partial charge in [-0.3, -0.25) is 0 Å². The Morgan fingerprint density at radius 1 is 1.42 bits per heavy atom. The summed E-state index contributed by atoms with van der Waals surface area (Å²) in [6.07, 6.45) is 0.832. The van der Waals surface area contributed by atoms with Crippen LogP contribution in [0.5, 0.6) is 5.75 Å². The number of aromatic hydroxyl groups is 1. The minimum absolute atomic E-state index is 0.309. The highest BCUT2D eigenvalue weighted by atomic mass is 16.3. The maximum Gasteiger partial charge on any atom is 0.120 e. The Kier molecular flexibility index (Phi) is 2.58. The standard InChI is InChI=1S/C10H15NO/c1-7(2)6-8-9(11)4-3-5-10(8)12/h3-5,7,12H,6,11H2,1-2H3. The van der Waals surface area contributed by atoms with Crippen molar-refractivity contribution in [2.75, 3.05) is 5.73 Å². The topological polar surface area (TPSA) is 46.2 Å². The van der Waals surface area contributed by atoms with E-state index in [0.717, 1.165) is 12.0 Å². The molecular formula is C10H15NO. The molecule has 0 heterocycles. The first-order chi connectivity index (χ1) is 5.61. The van der Waals surface area contributed by atoms with E-state index in [2.05, 4.69) is 13.8 Å². The Bertz CT molecular complexity index is 248. The minimum atomic E-state index is 0.309. The van der Waals surface area contributed by atoms with Crippen molar-refractivity contribution in [3.63, 3.8) is 0 Å². The molecular weight excluding hydrogens is 150 g/mol. The first-order valence-electron chi connectivity index (χ1n) is 4.17. The average molecular weight is 165 g/mol. The molecule has 0 atom stereocenters. The van der Waals surface area contributed by atoms with Gasteiger partial charge in [0, 0.05) is 11.3 Å². The van der Waals surface area contributed by atoms with E-state index < -0.39 is 0 Å².